The number of allylic oxidation sites excluding steroid dienone is 2. The van der Waals surface area contributed by atoms with Crippen molar-refractivity contribution < 1.29 is 9.53 Å². The van der Waals surface area contributed by atoms with E-state index >= 15 is 0 Å². The molecular weight excluding hydrogens is 330 g/mol. The van der Waals surface area contributed by atoms with Gasteiger partial charge in [-0.1, -0.05) is 24.3 Å². The lowest BCUT2D eigenvalue weighted by Gasteiger charge is -2.19. The maximum Gasteiger partial charge on any atom is 0.287 e. The molecule has 0 unspecified atom stereocenters. The highest BCUT2D eigenvalue weighted by atomic mass is 16.5. The van der Waals surface area contributed by atoms with Crippen molar-refractivity contribution in [2.45, 2.75) is 19.4 Å². The number of aromatic nitrogens is 2. The molecule has 6 heteroatoms. The molecule has 1 fully saturated rings. The molecule has 0 saturated heterocycles. The van der Waals surface area contributed by atoms with E-state index in [9.17, 15) is 9.59 Å². The second-order valence-corrected chi connectivity index (χ2v) is 7.15. The Morgan fingerprint density at radius 1 is 1.31 bits per heavy atom. The summed E-state index contributed by atoms with van der Waals surface area (Å²) in [7, 11) is 1.57. The van der Waals surface area contributed by atoms with Gasteiger partial charge in [-0.05, 0) is 42.7 Å². The average Bonchev–Trinajstić information content (AvgIpc) is 3.28. The molecule has 1 heterocycles. The van der Waals surface area contributed by atoms with Crippen molar-refractivity contribution in [2.75, 3.05) is 20.3 Å². The molecule has 0 radical (unpaired) electrons. The third kappa shape index (κ3) is 3.05. The van der Waals surface area contributed by atoms with Crippen molar-refractivity contribution in [3.05, 3.63) is 52.6 Å². The number of ether oxygens (including phenoxy) is 1. The van der Waals surface area contributed by atoms with Gasteiger partial charge in [0.2, 0.25) is 5.82 Å². The number of carbonyl (C=O) groups excluding carboxylic acids is 1. The minimum atomic E-state index is -0.296. The van der Waals surface area contributed by atoms with Gasteiger partial charge in [0.05, 0.1) is 24.1 Å². The zero-order chi connectivity index (χ0) is 18.1. The number of para-hydroxylation sites is 1. The minimum absolute atomic E-state index is 0.157. The number of rotatable bonds is 6. The monoisotopic (exact) mass is 353 g/mol. The molecule has 2 aliphatic rings. The highest BCUT2D eigenvalue weighted by molar-refractivity contribution is 5.93. The molecule has 0 spiro atoms. The Balaban J connectivity index is 1.60. The molecule has 2 aliphatic carbocycles. The van der Waals surface area contributed by atoms with Crippen LogP contribution in [0.15, 0.2) is 41.2 Å². The Kier molecular flexibility index (Phi) is 4.59. The van der Waals surface area contributed by atoms with Crippen LogP contribution < -0.4 is 10.9 Å². The van der Waals surface area contributed by atoms with Crippen molar-refractivity contribution in [2.24, 2.45) is 17.8 Å². The number of hydrogen-bond acceptors (Lipinski definition) is 4. The second kappa shape index (κ2) is 7.03. The highest BCUT2D eigenvalue weighted by Gasteiger charge is 2.35. The third-order valence-corrected chi connectivity index (χ3v) is 5.52. The topological polar surface area (TPSA) is 73.2 Å². The lowest BCUT2D eigenvalue weighted by molar-refractivity contribution is 0.0925. The number of hydrogen-bond donors (Lipinski definition) is 1. The summed E-state index contributed by atoms with van der Waals surface area (Å²) >= 11 is 0. The van der Waals surface area contributed by atoms with Gasteiger partial charge in [-0.2, -0.15) is 0 Å². The van der Waals surface area contributed by atoms with Crippen LogP contribution in [0.4, 0.5) is 0 Å². The van der Waals surface area contributed by atoms with E-state index in [4.69, 9.17) is 4.74 Å². The summed E-state index contributed by atoms with van der Waals surface area (Å²) in [5.41, 5.74) is 0.333. The fourth-order valence-corrected chi connectivity index (χ4v) is 4.16. The number of nitrogens with zero attached hydrogens (tertiary/aromatic N) is 2. The van der Waals surface area contributed by atoms with Crippen LogP contribution in [-0.4, -0.2) is 35.7 Å². The number of methoxy groups -OCH3 is 1. The van der Waals surface area contributed by atoms with Gasteiger partial charge in [0, 0.05) is 13.7 Å². The van der Waals surface area contributed by atoms with Gasteiger partial charge in [0.25, 0.3) is 11.5 Å². The molecule has 136 valence electrons. The summed E-state index contributed by atoms with van der Waals surface area (Å²) in [5, 5.41) is 3.51. The van der Waals surface area contributed by atoms with Gasteiger partial charge in [-0.3, -0.25) is 14.2 Å². The Hall–Kier alpha value is -2.47. The van der Waals surface area contributed by atoms with Crippen LogP contribution in [0.3, 0.4) is 0 Å². The number of amides is 1. The van der Waals surface area contributed by atoms with Crippen molar-refractivity contribution >= 4 is 16.8 Å². The summed E-state index contributed by atoms with van der Waals surface area (Å²) in [6.45, 7) is 1.27. The lowest BCUT2D eigenvalue weighted by Crippen LogP contribution is -2.37. The number of benzene rings is 1. The third-order valence-electron chi connectivity index (χ3n) is 5.52. The van der Waals surface area contributed by atoms with Gasteiger partial charge in [-0.15, -0.1) is 0 Å². The molecule has 26 heavy (non-hydrogen) atoms. The smallest absolute Gasteiger partial charge is 0.287 e. The van der Waals surface area contributed by atoms with Crippen LogP contribution in [0.25, 0.3) is 10.9 Å². The van der Waals surface area contributed by atoms with Gasteiger partial charge in [0.1, 0.15) is 0 Å². The fourth-order valence-electron chi connectivity index (χ4n) is 4.16. The predicted octanol–water partition coefficient (Wildman–Crippen LogP) is 1.98. The summed E-state index contributed by atoms with van der Waals surface area (Å²) in [5.74, 6) is 1.58. The van der Waals surface area contributed by atoms with Crippen LogP contribution in [-0.2, 0) is 11.3 Å². The van der Waals surface area contributed by atoms with Gasteiger partial charge in [0.15, 0.2) is 0 Å². The summed E-state index contributed by atoms with van der Waals surface area (Å²) in [6.07, 6.45) is 6.89. The van der Waals surface area contributed by atoms with E-state index in [0.717, 1.165) is 6.42 Å². The fraction of sp³-hybridized carbons (Fsp3) is 0.450. The Labute approximate surface area is 151 Å². The van der Waals surface area contributed by atoms with E-state index < -0.39 is 0 Å². The Morgan fingerprint density at radius 3 is 2.88 bits per heavy atom. The number of fused-ring (bicyclic) bond motifs is 3. The van der Waals surface area contributed by atoms with E-state index in [1.807, 2.05) is 6.07 Å². The highest BCUT2D eigenvalue weighted by Crippen LogP contribution is 2.42. The largest absolute Gasteiger partial charge is 0.383 e. The van der Waals surface area contributed by atoms with Gasteiger partial charge in [-0.25, -0.2) is 4.98 Å². The van der Waals surface area contributed by atoms with E-state index in [-0.39, 0.29) is 17.3 Å². The number of nitrogens with one attached hydrogen (secondary N) is 1. The molecule has 3 atom stereocenters. The Morgan fingerprint density at radius 2 is 2.15 bits per heavy atom. The van der Waals surface area contributed by atoms with Crippen LogP contribution in [0.5, 0.6) is 0 Å². The van der Waals surface area contributed by atoms with Crippen molar-refractivity contribution in [1.82, 2.24) is 14.9 Å². The first-order valence-corrected chi connectivity index (χ1v) is 9.12. The summed E-state index contributed by atoms with van der Waals surface area (Å²) in [6, 6.07) is 7.11. The molecule has 6 nitrogen and oxygen atoms in total. The van der Waals surface area contributed by atoms with Crippen molar-refractivity contribution in [1.29, 1.82) is 0 Å². The Bertz CT molecular complexity index is 918. The molecule has 1 aromatic carbocycles. The van der Waals surface area contributed by atoms with Crippen LogP contribution in [0, 0.1) is 17.8 Å². The molecule has 1 saturated carbocycles. The maximum atomic E-state index is 12.8. The molecule has 0 aliphatic heterocycles. The first-order chi connectivity index (χ1) is 12.7. The van der Waals surface area contributed by atoms with E-state index in [0.29, 0.717) is 48.4 Å². The molecule has 1 amide bonds. The zero-order valence-corrected chi connectivity index (χ0v) is 14.9. The summed E-state index contributed by atoms with van der Waals surface area (Å²) in [4.78, 5) is 30.1. The standard InChI is InChI=1S/C20H23N3O3/c1-26-9-8-23-18(22-17-5-3-2-4-16(17)20(23)25)19(24)21-12-15-11-13-6-7-14(15)10-13/h2-7,13-15H,8-12H2,1H3,(H,21,24)/t13-,14+,15-/m1/s1. The number of carbonyl (C=O) groups is 1. The lowest BCUT2D eigenvalue weighted by atomic mass is 9.94. The van der Waals surface area contributed by atoms with Crippen molar-refractivity contribution in [3.8, 4) is 0 Å². The molecule has 2 aromatic rings. The van der Waals surface area contributed by atoms with Gasteiger partial charge < -0.3 is 10.1 Å². The molecule has 1 N–H and O–H groups in total. The first kappa shape index (κ1) is 17.0. The van der Waals surface area contributed by atoms with Crippen LogP contribution in [0.2, 0.25) is 0 Å². The van der Waals surface area contributed by atoms with Gasteiger partial charge >= 0.3 is 0 Å². The maximum absolute atomic E-state index is 12.8. The molecule has 2 bridgehead atoms. The van der Waals surface area contributed by atoms with E-state index in [2.05, 4.69) is 22.5 Å². The minimum Gasteiger partial charge on any atom is -0.383 e. The predicted molar refractivity (Wildman–Crippen MR) is 99.1 cm³/mol. The second-order valence-electron chi connectivity index (χ2n) is 7.15. The molecule has 4 rings (SSSR count). The zero-order valence-electron chi connectivity index (χ0n) is 14.9. The SMILES string of the molecule is COCCn1c(C(=O)NC[C@H]2C[C@@H]3C=C[C@H]2C3)nc2ccccc2c1=O. The van der Waals surface area contributed by atoms with E-state index in [1.54, 1.807) is 25.3 Å². The van der Waals surface area contributed by atoms with E-state index in [1.165, 1.54) is 11.0 Å². The van der Waals surface area contributed by atoms with Crippen LogP contribution >= 0.6 is 0 Å². The van der Waals surface area contributed by atoms with Crippen molar-refractivity contribution in [3.63, 3.8) is 0 Å². The quantitative estimate of drug-likeness (QED) is 0.806. The normalized spacial score (nSPS) is 23.7. The molecule has 1 aromatic heterocycles. The summed E-state index contributed by atoms with van der Waals surface area (Å²) < 4.78 is 6.51. The van der Waals surface area contributed by atoms with Crippen LogP contribution in [0.1, 0.15) is 23.5 Å². The molecular formula is C20H23N3O3. The first-order valence-electron chi connectivity index (χ1n) is 9.12. The average molecular weight is 353 g/mol.